The van der Waals surface area contributed by atoms with Gasteiger partial charge >= 0.3 is 0 Å². The summed E-state index contributed by atoms with van der Waals surface area (Å²) < 4.78 is 10.6. The number of carbonyl (C=O) groups is 1. The third-order valence-corrected chi connectivity index (χ3v) is 3.71. The van der Waals surface area contributed by atoms with E-state index in [9.17, 15) is 4.79 Å². The Morgan fingerprint density at radius 2 is 2.16 bits per heavy atom. The van der Waals surface area contributed by atoms with E-state index in [4.69, 9.17) is 9.26 Å². The zero-order valence-electron chi connectivity index (χ0n) is 13.3. The average Bonchev–Trinajstić information content (AvgIpc) is 3.34. The van der Waals surface area contributed by atoms with Crippen LogP contribution in [-0.4, -0.2) is 32.3 Å². The number of carbonyl (C=O) groups excluding carboxylic acids is 1. The van der Waals surface area contributed by atoms with Gasteiger partial charge in [0.1, 0.15) is 18.6 Å². The van der Waals surface area contributed by atoms with Gasteiger partial charge in [0.25, 0.3) is 5.91 Å². The molecule has 25 heavy (non-hydrogen) atoms. The maximum absolute atomic E-state index is 11.9. The normalized spacial score (nSPS) is 13.4. The molecule has 0 aliphatic heterocycles. The molecule has 0 saturated heterocycles. The Bertz CT molecular complexity index is 860. The summed E-state index contributed by atoms with van der Waals surface area (Å²) in [6.07, 6.45) is 5.25. The Labute approximate surface area is 143 Å². The van der Waals surface area contributed by atoms with E-state index in [1.807, 2.05) is 18.2 Å². The molecule has 1 amide bonds. The molecule has 1 saturated carbocycles. The van der Waals surface area contributed by atoms with Crippen LogP contribution in [-0.2, 0) is 6.61 Å². The van der Waals surface area contributed by atoms with Crippen molar-refractivity contribution in [1.82, 2.24) is 25.7 Å². The van der Waals surface area contributed by atoms with Gasteiger partial charge in [0, 0.05) is 18.3 Å². The molecule has 0 aromatic carbocycles. The summed E-state index contributed by atoms with van der Waals surface area (Å²) in [6.45, 7) is 0.206. The molecule has 126 valence electrons. The summed E-state index contributed by atoms with van der Waals surface area (Å²) in [5, 5.41) is 14.7. The maximum Gasteiger partial charge on any atom is 0.272 e. The van der Waals surface area contributed by atoms with Crippen LogP contribution in [0.2, 0.25) is 0 Å². The van der Waals surface area contributed by atoms with E-state index < -0.39 is 0 Å². The molecular weight excluding hydrogens is 322 g/mol. The molecule has 4 rings (SSSR count). The third-order valence-electron chi connectivity index (χ3n) is 3.71. The number of hydrogen-bond acceptors (Lipinski definition) is 7. The number of aromatic nitrogens is 4. The summed E-state index contributed by atoms with van der Waals surface area (Å²) >= 11 is 0. The molecule has 0 unspecified atom stereocenters. The van der Waals surface area contributed by atoms with E-state index in [1.54, 1.807) is 18.3 Å². The van der Waals surface area contributed by atoms with E-state index in [0.29, 0.717) is 17.3 Å². The second kappa shape index (κ2) is 6.68. The molecule has 0 bridgehead atoms. The van der Waals surface area contributed by atoms with Crippen LogP contribution in [0.15, 0.2) is 47.3 Å². The van der Waals surface area contributed by atoms with Crippen LogP contribution in [0.1, 0.15) is 28.9 Å². The second-order valence-corrected chi connectivity index (χ2v) is 5.70. The van der Waals surface area contributed by atoms with E-state index in [0.717, 1.165) is 18.4 Å². The smallest absolute Gasteiger partial charge is 0.272 e. The molecule has 8 nitrogen and oxygen atoms in total. The van der Waals surface area contributed by atoms with Gasteiger partial charge < -0.3 is 14.6 Å². The Balaban J connectivity index is 1.40. The summed E-state index contributed by atoms with van der Waals surface area (Å²) in [5.74, 6) is 0.106. The van der Waals surface area contributed by atoms with Crippen LogP contribution in [0.25, 0.3) is 11.4 Å². The van der Waals surface area contributed by atoms with Crippen LogP contribution >= 0.6 is 0 Å². The van der Waals surface area contributed by atoms with Crippen LogP contribution < -0.4 is 10.1 Å². The fourth-order valence-corrected chi connectivity index (χ4v) is 2.23. The van der Waals surface area contributed by atoms with E-state index >= 15 is 0 Å². The topological polar surface area (TPSA) is 103 Å². The number of hydrogen-bond donors (Lipinski definition) is 1. The van der Waals surface area contributed by atoms with Crippen molar-refractivity contribution in [2.75, 3.05) is 0 Å². The molecule has 8 heteroatoms. The summed E-state index contributed by atoms with van der Waals surface area (Å²) in [5.41, 5.74) is 2.34. The Morgan fingerprint density at radius 3 is 2.88 bits per heavy atom. The lowest BCUT2D eigenvalue weighted by Gasteiger charge is -2.05. The molecule has 1 aliphatic rings. The van der Waals surface area contributed by atoms with Crippen molar-refractivity contribution in [3.8, 4) is 17.3 Å². The lowest BCUT2D eigenvalue weighted by molar-refractivity contribution is 0.0944. The fraction of sp³-hybridized carbons (Fsp3) is 0.235. The summed E-state index contributed by atoms with van der Waals surface area (Å²) in [6, 6.07) is 9.03. The Hall–Kier alpha value is -3.29. The first-order valence-corrected chi connectivity index (χ1v) is 7.91. The van der Waals surface area contributed by atoms with Crippen molar-refractivity contribution in [3.05, 3.63) is 54.0 Å². The standard InChI is InChI=1S/C17H15N5O3/c23-17(19-12-4-5-12)14-6-7-15(21-20-14)24-9-11-10-25-22-16(11)13-3-1-2-8-18-13/h1-3,6-8,10,12H,4-5,9H2,(H,19,23). The number of pyridine rings is 1. The molecule has 0 radical (unpaired) electrons. The van der Waals surface area contributed by atoms with E-state index in [-0.39, 0.29) is 24.2 Å². The van der Waals surface area contributed by atoms with E-state index in [1.165, 1.54) is 6.26 Å². The number of nitrogens with one attached hydrogen (secondary N) is 1. The fourth-order valence-electron chi connectivity index (χ4n) is 2.23. The molecule has 0 spiro atoms. The average molecular weight is 337 g/mol. The van der Waals surface area contributed by atoms with Gasteiger partial charge in [-0.25, -0.2) is 0 Å². The van der Waals surface area contributed by atoms with Gasteiger partial charge in [-0.05, 0) is 31.0 Å². The molecule has 1 aliphatic carbocycles. The quantitative estimate of drug-likeness (QED) is 0.733. The minimum absolute atomic E-state index is 0.206. The molecule has 3 aromatic rings. The van der Waals surface area contributed by atoms with Gasteiger partial charge in [0.05, 0.1) is 11.3 Å². The maximum atomic E-state index is 11.9. The predicted octanol–water partition coefficient (Wildman–Crippen LogP) is 2.00. The lowest BCUT2D eigenvalue weighted by Crippen LogP contribution is -2.26. The van der Waals surface area contributed by atoms with Gasteiger partial charge in [0.2, 0.25) is 5.88 Å². The minimum atomic E-state index is -0.210. The highest BCUT2D eigenvalue weighted by Gasteiger charge is 2.24. The highest BCUT2D eigenvalue weighted by Crippen LogP contribution is 2.21. The number of ether oxygens (including phenoxy) is 1. The zero-order chi connectivity index (χ0) is 17.1. The Kier molecular flexibility index (Phi) is 4.07. The number of rotatable bonds is 6. The first-order chi connectivity index (χ1) is 12.3. The molecule has 1 N–H and O–H groups in total. The van der Waals surface area contributed by atoms with Crippen molar-refractivity contribution < 1.29 is 14.1 Å². The van der Waals surface area contributed by atoms with Crippen molar-refractivity contribution >= 4 is 5.91 Å². The summed E-state index contributed by atoms with van der Waals surface area (Å²) in [7, 11) is 0. The first-order valence-electron chi connectivity index (χ1n) is 7.91. The lowest BCUT2D eigenvalue weighted by atomic mass is 10.2. The van der Waals surface area contributed by atoms with Gasteiger partial charge in [-0.2, -0.15) is 0 Å². The third kappa shape index (κ3) is 3.63. The van der Waals surface area contributed by atoms with Crippen LogP contribution in [0.4, 0.5) is 0 Å². The second-order valence-electron chi connectivity index (χ2n) is 5.70. The van der Waals surface area contributed by atoms with Crippen molar-refractivity contribution in [2.45, 2.75) is 25.5 Å². The van der Waals surface area contributed by atoms with Gasteiger partial charge in [-0.15, -0.1) is 10.2 Å². The number of amides is 1. The SMILES string of the molecule is O=C(NC1CC1)c1ccc(OCc2conc2-c2ccccn2)nn1. The van der Waals surface area contributed by atoms with E-state index in [2.05, 4.69) is 25.7 Å². The molecule has 1 fully saturated rings. The molecule has 3 heterocycles. The van der Waals surface area contributed by atoms with Crippen LogP contribution in [0, 0.1) is 0 Å². The monoisotopic (exact) mass is 337 g/mol. The van der Waals surface area contributed by atoms with Crippen molar-refractivity contribution in [1.29, 1.82) is 0 Å². The first kappa shape index (κ1) is 15.3. The predicted molar refractivity (Wildman–Crippen MR) is 86.6 cm³/mol. The largest absolute Gasteiger partial charge is 0.472 e. The minimum Gasteiger partial charge on any atom is -0.472 e. The highest BCUT2D eigenvalue weighted by molar-refractivity contribution is 5.92. The van der Waals surface area contributed by atoms with Crippen LogP contribution in [0.3, 0.4) is 0 Å². The van der Waals surface area contributed by atoms with Gasteiger partial charge in [-0.3, -0.25) is 9.78 Å². The highest BCUT2D eigenvalue weighted by atomic mass is 16.5. The van der Waals surface area contributed by atoms with Gasteiger partial charge in [0.15, 0.2) is 5.69 Å². The van der Waals surface area contributed by atoms with Crippen LogP contribution in [0.5, 0.6) is 5.88 Å². The molecule has 3 aromatic heterocycles. The van der Waals surface area contributed by atoms with Crippen molar-refractivity contribution in [2.24, 2.45) is 0 Å². The van der Waals surface area contributed by atoms with Crippen molar-refractivity contribution in [3.63, 3.8) is 0 Å². The zero-order valence-corrected chi connectivity index (χ0v) is 13.3. The molecule has 0 atom stereocenters. The van der Waals surface area contributed by atoms with Gasteiger partial charge in [-0.1, -0.05) is 11.2 Å². The Morgan fingerprint density at radius 1 is 1.24 bits per heavy atom. The number of nitrogens with zero attached hydrogens (tertiary/aromatic N) is 4. The molecular formula is C17H15N5O3. The summed E-state index contributed by atoms with van der Waals surface area (Å²) in [4.78, 5) is 16.1.